The van der Waals surface area contributed by atoms with Crippen LogP contribution in [0.3, 0.4) is 0 Å². The Balaban J connectivity index is 1.95. The summed E-state index contributed by atoms with van der Waals surface area (Å²) in [7, 11) is 1.58. The number of rotatable bonds is 5. The van der Waals surface area contributed by atoms with Crippen molar-refractivity contribution in [1.82, 2.24) is 19.6 Å². The predicted molar refractivity (Wildman–Crippen MR) is 63.0 cm³/mol. The molecule has 0 amide bonds. The molecule has 1 N–H and O–H groups in total. The molecule has 0 spiro atoms. The Kier molecular flexibility index (Phi) is 3.41. The molecule has 17 heavy (non-hydrogen) atoms. The molecule has 0 radical (unpaired) electrons. The first-order valence-electron chi connectivity index (χ1n) is 5.64. The minimum atomic E-state index is -0.314. The van der Waals surface area contributed by atoms with Gasteiger partial charge in [0, 0.05) is 38.0 Å². The van der Waals surface area contributed by atoms with Gasteiger partial charge in [-0.05, 0) is 6.42 Å². The van der Waals surface area contributed by atoms with Crippen LogP contribution in [0.1, 0.15) is 18.9 Å². The normalized spacial score (nSPS) is 10.8. The molecule has 0 aliphatic heterocycles. The summed E-state index contributed by atoms with van der Waals surface area (Å²) < 4.78 is 16.5. The Morgan fingerprint density at radius 1 is 1.47 bits per heavy atom. The Labute approximate surface area is 99.2 Å². The van der Waals surface area contributed by atoms with E-state index in [1.807, 2.05) is 16.9 Å². The van der Waals surface area contributed by atoms with Crippen LogP contribution in [0.5, 0.6) is 0 Å². The van der Waals surface area contributed by atoms with E-state index in [9.17, 15) is 4.39 Å². The van der Waals surface area contributed by atoms with E-state index >= 15 is 0 Å². The van der Waals surface area contributed by atoms with Crippen molar-refractivity contribution in [2.45, 2.75) is 26.4 Å². The van der Waals surface area contributed by atoms with Crippen molar-refractivity contribution in [3.63, 3.8) is 0 Å². The molecule has 6 heteroatoms. The molecule has 0 aliphatic carbocycles. The summed E-state index contributed by atoms with van der Waals surface area (Å²) in [6.45, 7) is 3.38. The molecule has 0 bridgehead atoms. The lowest BCUT2D eigenvalue weighted by Crippen LogP contribution is -2.04. The molecule has 0 unspecified atom stereocenters. The number of halogens is 1. The van der Waals surface area contributed by atoms with Gasteiger partial charge >= 0.3 is 0 Å². The topological polar surface area (TPSA) is 47.7 Å². The van der Waals surface area contributed by atoms with E-state index in [4.69, 9.17) is 0 Å². The maximum Gasteiger partial charge on any atom is 0.216 e. The SMILES string of the molecule is CCCn1ccc(NCc2cnn(C)c2F)n1. The third-order valence-corrected chi connectivity index (χ3v) is 2.49. The van der Waals surface area contributed by atoms with Crippen LogP contribution in [-0.2, 0) is 20.1 Å². The van der Waals surface area contributed by atoms with E-state index in [0.29, 0.717) is 12.1 Å². The Hall–Kier alpha value is -1.85. The maximum atomic E-state index is 13.4. The fraction of sp³-hybridized carbons (Fsp3) is 0.455. The lowest BCUT2D eigenvalue weighted by Gasteiger charge is -2.01. The van der Waals surface area contributed by atoms with E-state index in [1.165, 1.54) is 10.9 Å². The summed E-state index contributed by atoms with van der Waals surface area (Å²) >= 11 is 0. The van der Waals surface area contributed by atoms with Gasteiger partial charge in [-0.1, -0.05) is 6.92 Å². The van der Waals surface area contributed by atoms with Crippen LogP contribution in [0.25, 0.3) is 0 Å². The first-order valence-corrected chi connectivity index (χ1v) is 5.64. The molecule has 2 rings (SSSR count). The molecular formula is C11H16FN5. The van der Waals surface area contributed by atoms with Crippen molar-refractivity contribution in [2.24, 2.45) is 7.05 Å². The summed E-state index contributed by atoms with van der Waals surface area (Å²) in [4.78, 5) is 0. The van der Waals surface area contributed by atoms with Gasteiger partial charge < -0.3 is 5.32 Å². The van der Waals surface area contributed by atoms with E-state index in [2.05, 4.69) is 22.4 Å². The second-order valence-electron chi connectivity index (χ2n) is 3.90. The van der Waals surface area contributed by atoms with Crippen LogP contribution in [-0.4, -0.2) is 19.6 Å². The number of hydrogen-bond donors (Lipinski definition) is 1. The van der Waals surface area contributed by atoms with Gasteiger partial charge in [-0.2, -0.15) is 14.6 Å². The second kappa shape index (κ2) is 4.99. The monoisotopic (exact) mass is 237 g/mol. The van der Waals surface area contributed by atoms with Crippen molar-refractivity contribution in [1.29, 1.82) is 0 Å². The highest BCUT2D eigenvalue weighted by molar-refractivity contribution is 5.33. The van der Waals surface area contributed by atoms with E-state index in [-0.39, 0.29) is 5.95 Å². The summed E-state index contributed by atoms with van der Waals surface area (Å²) in [6, 6.07) is 1.88. The average Bonchev–Trinajstić information content (AvgIpc) is 2.87. The first kappa shape index (κ1) is 11.6. The third-order valence-electron chi connectivity index (χ3n) is 2.49. The van der Waals surface area contributed by atoms with Crippen LogP contribution in [0.2, 0.25) is 0 Å². The van der Waals surface area contributed by atoms with E-state index < -0.39 is 0 Å². The van der Waals surface area contributed by atoms with Crippen LogP contribution < -0.4 is 5.32 Å². The van der Waals surface area contributed by atoms with Crippen molar-refractivity contribution < 1.29 is 4.39 Å². The standard InChI is InChI=1S/C11H16FN5/c1-3-5-17-6-4-10(15-17)13-7-9-8-14-16(2)11(9)12/h4,6,8H,3,5,7H2,1-2H3,(H,13,15). The number of nitrogens with zero attached hydrogens (tertiary/aromatic N) is 4. The quantitative estimate of drug-likeness (QED) is 0.862. The van der Waals surface area contributed by atoms with E-state index in [1.54, 1.807) is 7.05 Å². The first-order chi connectivity index (χ1) is 8.20. The fourth-order valence-electron chi connectivity index (χ4n) is 1.58. The Morgan fingerprint density at radius 3 is 2.94 bits per heavy atom. The summed E-state index contributed by atoms with van der Waals surface area (Å²) in [5.41, 5.74) is 0.539. The zero-order chi connectivity index (χ0) is 12.3. The van der Waals surface area contributed by atoms with Gasteiger partial charge in [-0.3, -0.25) is 4.68 Å². The lowest BCUT2D eigenvalue weighted by molar-refractivity contribution is 0.496. The molecular weight excluding hydrogens is 221 g/mol. The Morgan fingerprint density at radius 2 is 2.29 bits per heavy atom. The molecule has 0 saturated heterocycles. The number of hydrogen-bond acceptors (Lipinski definition) is 3. The van der Waals surface area contributed by atoms with Crippen LogP contribution >= 0.6 is 0 Å². The molecule has 2 aromatic rings. The van der Waals surface area contributed by atoms with Gasteiger partial charge in [0.05, 0.1) is 6.20 Å². The molecule has 2 aromatic heterocycles. The summed E-state index contributed by atoms with van der Waals surface area (Å²) in [5, 5.41) is 11.2. The average molecular weight is 237 g/mol. The third kappa shape index (κ3) is 2.64. The molecule has 0 atom stereocenters. The van der Waals surface area contributed by atoms with E-state index in [0.717, 1.165) is 18.8 Å². The number of anilines is 1. The van der Waals surface area contributed by atoms with Crippen LogP contribution in [0.15, 0.2) is 18.5 Å². The molecule has 92 valence electrons. The van der Waals surface area contributed by atoms with Gasteiger partial charge in [0.25, 0.3) is 0 Å². The number of nitrogens with one attached hydrogen (secondary N) is 1. The van der Waals surface area contributed by atoms with Crippen LogP contribution in [0, 0.1) is 5.95 Å². The molecule has 0 aromatic carbocycles. The predicted octanol–water partition coefficient (Wildman–Crippen LogP) is 1.78. The summed E-state index contributed by atoms with van der Waals surface area (Å²) in [6.07, 6.45) is 4.47. The van der Waals surface area contributed by atoms with Gasteiger partial charge in [0.1, 0.15) is 5.82 Å². The number of aryl methyl sites for hydroxylation is 2. The summed E-state index contributed by atoms with van der Waals surface area (Å²) in [5.74, 6) is 0.437. The van der Waals surface area contributed by atoms with Crippen molar-refractivity contribution in [2.75, 3.05) is 5.32 Å². The van der Waals surface area contributed by atoms with Crippen LogP contribution in [0.4, 0.5) is 10.2 Å². The van der Waals surface area contributed by atoms with Gasteiger partial charge in [0.2, 0.25) is 5.95 Å². The molecule has 0 aliphatic rings. The number of aromatic nitrogens is 4. The van der Waals surface area contributed by atoms with Gasteiger partial charge in [-0.25, -0.2) is 4.68 Å². The van der Waals surface area contributed by atoms with Gasteiger partial charge in [0.15, 0.2) is 0 Å². The maximum absolute atomic E-state index is 13.4. The lowest BCUT2D eigenvalue weighted by atomic mass is 10.3. The minimum Gasteiger partial charge on any atom is -0.364 e. The molecule has 2 heterocycles. The zero-order valence-electron chi connectivity index (χ0n) is 10.0. The highest BCUT2D eigenvalue weighted by atomic mass is 19.1. The second-order valence-corrected chi connectivity index (χ2v) is 3.90. The zero-order valence-corrected chi connectivity index (χ0v) is 10.0. The largest absolute Gasteiger partial charge is 0.364 e. The fourth-order valence-corrected chi connectivity index (χ4v) is 1.58. The minimum absolute atomic E-state index is 0.314. The molecule has 0 fully saturated rings. The highest BCUT2D eigenvalue weighted by Crippen LogP contribution is 2.09. The van der Waals surface area contributed by atoms with Gasteiger partial charge in [-0.15, -0.1) is 0 Å². The Bertz CT molecular complexity index is 488. The van der Waals surface area contributed by atoms with Crippen molar-refractivity contribution in [3.05, 3.63) is 30.0 Å². The van der Waals surface area contributed by atoms with Crippen molar-refractivity contribution in [3.8, 4) is 0 Å². The highest BCUT2D eigenvalue weighted by Gasteiger charge is 2.07. The van der Waals surface area contributed by atoms with Crippen molar-refractivity contribution >= 4 is 5.82 Å². The molecule has 5 nitrogen and oxygen atoms in total. The smallest absolute Gasteiger partial charge is 0.216 e. The molecule has 0 saturated carbocycles.